The van der Waals surface area contributed by atoms with Crippen molar-refractivity contribution in [3.8, 4) is 0 Å². The smallest absolute Gasteiger partial charge is 0.306 e. The minimum atomic E-state index is -0.773. The first-order chi connectivity index (χ1) is 33.0. The summed E-state index contributed by atoms with van der Waals surface area (Å²) < 4.78 is 16.9. The minimum absolute atomic E-state index is 0.0716. The van der Waals surface area contributed by atoms with Gasteiger partial charge in [0.25, 0.3) is 0 Å². The van der Waals surface area contributed by atoms with Crippen molar-refractivity contribution < 1.29 is 28.6 Å². The normalized spacial score (nSPS) is 12.2. The van der Waals surface area contributed by atoms with Crippen LogP contribution < -0.4 is 0 Å². The maximum atomic E-state index is 12.9. The second-order valence-electron chi connectivity index (χ2n) is 19.9. The Morgan fingerprint density at radius 3 is 0.866 bits per heavy atom. The quantitative estimate of drug-likeness (QED) is 0.0262. The van der Waals surface area contributed by atoms with Crippen molar-refractivity contribution >= 4 is 17.9 Å². The van der Waals surface area contributed by atoms with E-state index in [-0.39, 0.29) is 31.1 Å². The Balaban J connectivity index is 4.31. The van der Waals surface area contributed by atoms with E-state index >= 15 is 0 Å². The molecule has 0 aliphatic carbocycles. The molecular weight excluding hydrogens is 829 g/mol. The lowest BCUT2D eigenvalue weighted by molar-refractivity contribution is -0.167. The van der Waals surface area contributed by atoms with Gasteiger partial charge >= 0.3 is 17.9 Å². The number of carbonyl (C=O) groups is 3. The lowest BCUT2D eigenvalue weighted by Gasteiger charge is -2.18. The zero-order valence-corrected chi connectivity index (χ0v) is 44.9. The van der Waals surface area contributed by atoms with Crippen LogP contribution in [0.2, 0.25) is 0 Å². The van der Waals surface area contributed by atoms with Crippen LogP contribution in [0.1, 0.15) is 316 Å². The van der Waals surface area contributed by atoms with E-state index in [2.05, 4.69) is 57.2 Å². The summed E-state index contributed by atoms with van der Waals surface area (Å²) in [4.78, 5) is 38.1. The van der Waals surface area contributed by atoms with Crippen LogP contribution in [0.4, 0.5) is 0 Å². The highest BCUT2D eigenvalue weighted by atomic mass is 16.6. The van der Waals surface area contributed by atoms with Crippen LogP contribution in [0.25, 0.3) is 0 Å². The van der Waals surface area contributed by atoms with Gasteiger partial charge in [-0.3, -0.25) is 14.4 Å². The monoisotopic (exact) mass is 941 g/mol. The number of esters is 3. The van der Waals surface area contributed by atoms with Gasteiger partial charge in [-0.15, -0.1) is 0 Å². The number of hydrogen-bond acceptors (Lipinski definition) is 6. The van der Waals surface area contributed by atoms with Crippen molar-refractivity contribution in [2.75, 3.05) is 13.2 Å². The van der Waals surface area contributed by atoms with Crippen LogP contribution in [-0.4, -0.2) is 37.2 Å². The molecule has 0 unspecified atom stereocenters. The van der Waals surface area contributed by atoms with E-state index in [1.807, 2.05) is 0 Å². The van der Waals surface area contributed by atoms with Gasteiger partial charge in [0.2, 0.25) is 0 Å². The summed E-state index contributed by atoms with van der Waals surface area (Å²) in [7, 11) is 0. The minimum Gasteiger partial charge on any atom is -0.462 e. The van der Waals surface area contributed by atoms with Crippen LogP contribution in [0.3, 0.4) is 0 Å². The lowest BCUT2D eigenvalue weighted by Crippen LogP contribution is -2.30. The van der Waals surface area contributed by atoms with E-state index in [0.717, 1.165) is 77.0 Å². The zero-order chi connectivity index (χ0) is 48.6. The van der Waals surface area contributed by atoms with E-state index in [4.69, 9.17) is 14.2 Å². The molecule has 0 N–H and O–H groups in total. The zero-order valence-electron chi connectivity index (χ0n) is 44.9. The number of rotatable bonds is 54. The predicted octanol–water partition coefficient (Wildman–Crippen LogP) is 19.7. The lowest BCUT2D eigenvalue weighted by atomic mass is 10.0. The predicted molar refractivity (Wildman–Crippen MR) is 289 cm³/mol. The van der Waals surface area contributed by atoms with Gasteiger partial charge in [0.15, 0.2) is 6.10 Å². The first-order valence-corrected chi connectivity index (χ1v) is 29.5. The van der Waals surface area contributed by atoms with Gasteiger partial charge in [-0.25, -0.2) is 0 Å². The maximum absolute atomic E-state index is 12.9. The number of unbranched alkanes of at least 4 members (excludes halogenated alkanes) is 37. The third-order valence-corrected chi connectivity index (χ3v) is 13.1. The van der Waals surface area contributed by atoms with Gasteiger partial charge in [0.1, 0.15) is 13.2 Å². The van der Waals surface area contributed by atoms with Crippen molar-refractivity contribution in [2.45, 2.75) is 322 Å². The topological polar surface area (TPSA) is 78.9 Å². The Labute approximate surface area is 416 Å². The molecular formula is C61H112O6. The van der Waals surface area contributed by atoms with Crippen molar-refractivity contribution in [1.29, 1.82) is 0 Å². The molecule has 0 saturated heterocycles. The fraction of sp³-hybridized carbons (Fsp3) is 0.852. The van der Waals surface area contributed by atoms with Crippen molar-refractivity contribution in [1.82, 2.24) is 0 Å². The molecule has 0 spiro atoms. The van der Waals surface area contributed by atoms with E-state index in [9.17, 15) is 14.4 Å². The molecule has 0 radical (unpaired) electrons. The Kier molecular flexibility index (Phi) is 54.2. The van der Waals surface area contributed by atoms with Crippen LogP contribution in [0, 0.1) is 0 Å². The van der Waals surface area contributed by atoms with Crippen LogP contribution in [0.15, 0.2) is 36.5 Å². The van der Waals surface area contributed by atoms with Crippen LogP contribution in [-0.2, 0) is 28.6 Å². The van der Waals surface area contributed by atoms with Gasteiger partial charge in [0.05, 0.1) is 0 Å². The molecule has 0 aromatic heterocycles. The largest absolute Gasteiger partial charge is 0.462 e. The van der Waals surface area contributed by atoms with Crippen molar-refractivity contribution in [3.05, 3.63) is 36.5 Å². The summed E-state index contributed by atoms with van der Waals surface area (Å²) in [6.45, 7) is 6.64. The molecule has 0 aliphatic rings. The Morgan fingerprint density at radius 2 is 0.537 bits per heavy atom. The summed E-state index contributed by atoms with van der Waals surface area (Å²) in [6, 6.07) is 0. The number of carbonyl (C=O) groups excluding carboxylic acids is 3. The second-order valence-corrected chi connectivity index (χ2v) is 19.9. The molecule has 0 rings (SSSR count). The Hall–Kier alpha value is -2.37. The highest BCUT2D eigenvalue weighted by Gasteiger charge is 2.19. The molecule has 0 aromatic rings. The van der Waals surface area contributed by atoms with Crippen molar-refractivity contribution in [3.63, 3.8) is 0 Å². The van der Waals surface area contributed by atoms with E-state index in [1.165, 1.54) is 199 Å². The molecule has 392 valence electrons. The molecule has 1 atom stereocenters. The van der Waals surface area contributed by atoms with Gasteiger partial charge < -0.3 is 14.2 Å². The SMILES string of the molecule is CCCCC/C=C\C/C=C\C/C=C\CCCCCCCCC(=O)OC[C@@H](COC(=O)CCCCCCCCCCCCC)OC(=O)CCCCCCCCCCCCCCCCCCCCC. The van der Waals surface area contributed by atoms with Crippen LogP contribution >= 0.6 is 0 Å². The van der Waals surface area contributed by atoms with Gasteiger partial charge in [-0.1, -0.05) is 276 Å². The number of allylic oxidation sites excluding steroid dienone is 6. The molecule has 0 amide bonds. The van der Waals surface area contributed by atoms with Crippen LogP contribution in [0.5, 0.6) is 0 Å². The fourth-order valence-corrected chi connectivity index (χ4v) is 8.69. The molecule has 6 heteroatoms. The average molecular weight is 942 g/mol. The summed E-state index contributed by atoms with van der Waals surface area (Å²) in [6.07, 6.45) is 67.1. The number of hydrogen-bond donors (Lipinski definition) is 0. The third-order valence-electron chi connectivity index (χ3n) is 13.1. The van der Waals surface area contributed by atoms with Gasteiger partial charge in [0, 0.05) is 19.3 Å². The maximum Gasteiger partial charge on any atom is 0.306 e. The molecule has 0 fully saturated rings. The molecule has 67 heavy (non-hydrogen) atoms. The standard InChI is InChI=1S/C61H112O6/c1-4-7-10-13-16-19-22-24-26-28-30-32-34-36-39-42-45-48-51-54-60(63)66-57-58(56-65-59(62)53-50-47-44-41-38-21-18-15-12-9-6-3)67-61(64)55-52-49-46-43-40-37-35-33-31-29-27-25-23-20-17-14-11-8-5-2/h16,19,24,26,30,32,58H,4-15,17-18,20-23,25,27-29,31,33-57H2,1-3H3/b19-16-,26-24-,32-30-/t58-/m1/s1. The summed E-state index contributed by atoms with van der Waals surface area (Å²) in [5, 5.41) is 0. The van der Waals surface area contributed by atoms with E-state index in [1.54, 1.807) is 0 Å². The van der Waals surface area contributed by atoms with E-state index in [0.29, 0.717) is 19.3 Å². The second kappa shape index (κ2) is 56.2. The molecule has 0 aromatic carbocycles. The summed E-state index contributed by atoms with van der Waals surface area (Å²) >= 11 is 0. The first-order valence-electron chi connectivity index (χ1n) is 29.5. The highest BCUT2D eigenvalue weighted by molar-refractivity contribution is 5.71. The Bertz CT molecular complexity index is 1130. The summed E-state index contributed by atoms with van der Waals surface area (Å²) in [5.74, 6) is -0.866. The average Bonchev–Trinajstić information content (AvgIpc) is 3.33. The molecule has 0 aliphatic heterocycles. The van der Waals surface area contributed by atoms with Gasteiger partial charge in [-0.05, 0) is 57.8 Å². The fourth-order valence-electron chi connectivity index (χ4n) is 8.69. The molecule has 0 heterocycles. The highest BCUT2D eigenvalue weighted by Crippen LogP contribution is 2.17. The van der Waals surface area contributed by atoms with E-state index < -0.39 is 6.10 Å². The molecule has 0 saturated carbocycles. The first kappa shape index (κ1) is 64.6. The van der Waals surface area contributed by atoms with Crippen molar-refractivity contribution in [2.24, 2.45) is 0 Å². The number of ether oxygens (including phenoxy) is 3. The third kappa shape index (κ3) is 54.4. The Morgan fingerprint density at radius 1 is 0.299 bits per heavy atom. The summed E-state index contributed by atoms with van der Waals surface area (Å²) in [5.41, 5.74) is 0. The van der Waals surface area contributed by atoms with Gasteiger partial charge in [-0.2, -0.15) is 0 Å². The molecule has 6 nitrogen and oxygen atoms in total. The molecule has 0 bridgehead atoms.